The molecule has 168 valence electrons. The molecule has 0 saturated heterocycles. The molecule has 3 rings (SSSR count). The molecule has 0 N–H and O–H groups in total. The quantitative estimate of drug-likeness (QED) is 0.175. The predicted molar refractivity (Wildman–Crippen MR) is 151 cm³/mol. The van der Waals surface area contributed by atoms with Gasteiger partial charge >= 0.3 is 58.4 Å². The predicted octanol–water partition coefficient (Wildman–Crippen LogP) is 7.37. The second-order valence-electron chi connectivity index (χ2n) is 4.77. The van der Waals surface area contributed by atoms with Gasteiger partial charge in [-0.25, -0.2) is 0 Å². The van der Waals surface area contributed by atoms with E-state index < -0.39 is 7.32 Å². The van der Waals surface area contributed by atoms with Gasteiger partial charge in [0.05, 0.1) is 0 Å². The van der Waals surface area contributed by atoms with Gasteiger partial charge in [0.15, 0.2) is 0 Å². The van der Waals surface area contributed by atoms with Gasteiger partial charge in [-0.05, 0) is 0 Å². The molecule has 0 aromatic heterocycles. The molecule has 0 aliphatic rings. The first kappa shape index (κ1) is 44.8. The van der Waals surface area contributed by atoms with Gasteiger partial charge in [0, 0.05) is 0 Å². The van der Waals surface area contributed by atoms with Crippen LogP contribution in [-0.4, -0.2) is 7.32 Å². The summed E-state index contributed by atoms with van der Waals surface area (Å²) in [4.78, 5) is 0. The fraction of sp³-hybridized carbons (Fsp3) is 0. The first-order valence-corrected chi connectivity index (χ1v) is 14.5. The van der Waals surface area contributed by atoms with E-state index >= 15 is 0 Å². The molecule has 0 bridgehead atoms. The Bertz CT molecular complexity index is 701. The van der Waals surface area contributed by atoms with Gasteiger partial charge in [0.25, 0.3) is 0 Å². The minimum Gasteiger partial charge on any atom is -0.907 e. The summed E-state index contributed by atoms with van der Waals surface area (Å²) in [6.45, 7) is 0. The van der Waals surface area contributed by atoms with Crippen LogP contribution in [0.2, 0.25) is 0 Å². The molecule has 3 nitrogen and oxygen atoms in total. The van der Waals surface area contributed by atoms with Crippen molar-refractivity contribution in [2.75, 3.05) is 0 Å². The topological polar surface area (TPSA) is 69.2 Å². The molecule has 3 aromatic carbocycles. The van der Waals surface area contributed by atoms with E-state index in [1.165, 1.54) is 0 Å². The van der Waals surface area contributed by atoms with Gasteiger partial charge in [-0.3, -0.25) is 7.32 Å². The molecule has 0 saturated carbocycles. The van der Waals surface area contributed by atoms with Gasteiger partial charge in [-0.1, -0.05) is 184 Å². The van der Waals surface area contributed by atoms with E-state index in [2.05, 4.69) is 162 Å². The monoisotopic (exact) mass is 1180 g/mol. The van der Waals surface area contributed by atoms with Crippen molar-refractivity contribution >= 4 is 151 Å². The van der Waals surface area contributed by atoms with Crippen molar-refractivity contribution in [2.24, 2.45) is 0 Å². The number of rotatable bonds is 0. The third-order valence-electron chi connectivity index (χ3n) is 2.30. The van der Waals surface area contributed by atoms with Gasteiger partial charge in [0.2, 0.25) is 0 Å². The summed E-state index contributed by atoms with van der Waals surface area (Å²) in [5.74, 6) is 0. The van der Waals surface area contributed by atoms with E-state index in [1.807, 2.05) is 36.4 Å². The van der Waals surface area contributed by atoms with E-state index in [9.17, 15) is 0 Å². The normalized spacial score (nSPS) is 8.47. The maximum absolute atomic E-state index is 8.42. The zero-order chi connectivity index (χ0) is 24.1. The molecule has 34 heavy (non-hydrogen) atoms. The first-order chi connectivity index (χ1) is 14.3. The van der Waals surface area contributed by atoms with Crippen LogP contribution >= 0.6 is 143 Å². The first-order valence-electron chi connectivity index (χ1n) is 7.37. The van der Waals surface area contributed by atoms with Crippen LogP contribution in [0.3, 0.4) is 0 Å². The molecule has 3 aromatic rings. The fourth-order valence-corrected chi connectivity index (χ4v) is 8.19. The molecule has 0 unspecified atom stereocenters. The minimum absolute atomic E-state index is 0. The SMILES string of the molecule is Brc1[c-]c(Br)cc(Br)c1.Brc1[c-]c(Br)cc(Br)c1.Brc1[c-]c(Br)cc(Br)c1.[O-]B([O-])[O-].[Zn+2].[Zn+2].[Zn+2]. The third kappa shape index (κ3) is 27.4. The van der Waals surface area contributed by atoms with Crippen LogP contribution < -0.4 is 15.1 Å². The summed E-state index contributed by atoms with van der Waals surface area (Å²) in [6.07, 6.45) is 0. The molecule has 0 aliphatic heterocycles. The Morgan fingerprint density at radius 1 is 0.412 bits per heavy atom. The van der Waals surface area contributed by atoms with Crippen molar-refractivity contribution in [3.05, 3.63) is 94.9 Å². The number of benzene rings is 3. The van der Waals surface area contributed by atoms with Crippen LogP contribution in [0.1, 0.15) is 0 Å². The van der Waals surface area contributed by atoms with Crippen molar-refractivity contribution in [3.8, 4) is 0 Å². The summed E-state index contributed by atoms with van der Waals surface area (Å²) in [5.41, 5.74) is 0. The molecule has 0 aliphatic carbocycles. The Hall–Kier alpha value is 3.80. The summed E-state index contributed by atoms with van der Waals surface area (Å²) in [7, 11) is -2.92. The molecule has 0 fully saturated rings. The molecule has 0 heterocycles. The van der Waals surface area contributed by atoms with Crippen molar-refractivity contribution < 1.29 is 73.5 Å². The minimum atomic E-state index is -2.92. The van der Waals surface area contributed by atoms with E-state index in [1.54, 1.807) is 0 Å². The van der Waals surface area contributed by atoms with Crippen LogP contribution in [-0.2, 0) is 58.4 Å². The maximum atomic E-state index is 8.42. The van der Waals surface area contributed by atoms with E-state index in [0.29, 0.717) is 0 Å². The van der Waals surface area contributed by atoms with Gasteiger partial charge in [-0.2, -0.15) is 18.2 Å². The second-order valence-corrected chi connectivity index (χ2v) is 12.6. The van der Waals surface area contributed by atoms with Crippen LogP contribution in [0.25, 0.3) is 0 Å². The molecule has 0 spiro atoms. The Kier molecular flexibility index (Phi) is 33.9. The third-order valence-corrected chi connectivity index (χ3v) is 6.24. The zero-order valence-corrected chi connectivity index (χ0v) is 40.0. The molecular formula is C18H6BBr9O3Zn3. The van der Waals surface area contributed by atoms with E-state index in [4.69, 9.17) is 15.1 Å². The molecule has 0 atom stereocenters. The molecular weight excluding hydrogens is 1190 g/mol. The van der Waals surface area contributed by atoms with Gasteiger partial charge < -0.3 is 15.1 Å². The largest absolute Gasteiger partial charge is 2.00 e. The van der Waals surface area contributed by atoms with E-state index in [0.717, 1.165) is 40.3 Å². The summed E-state index contributed by atoms with van der Waals surface area (Å²) in [5, 5.41) is 25.2. The maximum Gasteiger partial charge on any atom is 2.00 e. The Morgan fingerprint density at radius 2 is 0.529 bits per heavy atom. The average molecular weight is 1200 g/mol. The standard InChI is InChI=1S/3C6H2Br3.BO3.3Zn/c3*7-4-1-5(8)3-6(9)2-4;2-1(3)4;;;/h3*1-2H;;;;/q3*-1;-3;3*+2. The van der Waals surface area contributed by atoms with Gasteiger partial charge in [-0.15, -0.1) is 36.4 Å². The van der Waals surface area contributed by atoms with Gasteiger partial charge in [0.1, 0.15) is 0 Å². The summed E-state index contributed by atoms with van der Waals surface area (Å²) in [6, 6.07) is 20.7. The number of hydrogen-bond acceptors (Lipinski definition) is 3. The van der Waals surface area contributed by atoms with Crippen molar-refractivity contribution in [1.29, 1.82) is 0 Å². The summed E-state index contributed by atoms with van der Waals surface area (Å²) >= 11 is 29.8. The number of hydrogen-bond donors (Lipinski definition) is 0. The second kappa shape index (κ2) is 25.7. The molecule has 16 heteroatoms. The van der Waals surface area contributed by atoms with Crippen molar-refractivity contribution in [2.45, 2.75) is 0 Å². The van der Waals surface area contributed by atoms with Crippen LogP contribution in [0.4, 0.5) is 0 Å². The van der Waals surface area contributed by atoms with Crippen LogP contribution in [0.5, 0.6) is 0 Å². The molecule has 0 radical (unpaired) electrons. The Labute approximate surface area is 313 Å². The van der Waals surface area contributed by atoms with Crippen LogP contribution in [0, 0.1) is 18.2 Å². The van der Waals surface area contributed by atoms with Crippen molar-refractivity contribution in [3.63, 3.8) is 0 Å². The van der Waals surface area contributed by atoms with Crippen LogP contribution in [0.15, 0.2) is 76.7 Å². The van der Waals surface area contributed by atoms with E-state index in [-0.39, 0.29) is 58.4 Å². The average Bonchev–Trinajstić information content (AvgIpc) is 2.51. The Balaban J connectivity index is -0.000000177. The Morgan fingerprint density at radius 3 is 0.618 bits per heavy atom. The smallest absolute Gasteiger partial charge is 0.907 e. The summed E-state index contributed by atoms with van der Waals surface area (Å²) < 4.78 is 8.81. The van der Waals surface area contributed by atoms with Crippen molar-refractivity contribution in [1.82, 2.24) is 0 Å². The zero-order valence-electron chi connectivity index (χ0n) is 16.8. The molecule has 0 amide bonds. The fourth-order valence-electron chi connectivity index (χ4n) is 1.41. The number of halogens is 9.